The Bertz CT molecular complexity index is 318. The molecular formula is C11H13BrN+. The topological polar surface area (TPSA) is 3.88 Å². The van der Waals surface area contributed by atoms with Gasteiger partial charge in [0.25, 0.3) is 0 Å². The molecule has 0 saturated heterocycles. The molecule has 13 heavy (non-hydrogen) atoms. The van der Waals surface area contributed by atoms with Crippen molar-refractivity contribution >= 4 is 22.0 Å². The molecule has 0 N–H and O–H groups in total. The molecule has 0 bridgehead atoms. The zero-order valence-corrected chi connectivity index (χ0v) is 9.13. The van der Waals surface area contributed by atoms with E-state index >= 15 is 0 Å². The largest absolute Gasteiger partial charge is 0.218 e. The van der Waals surface area contributed by atoms with Gasteiger partial charge in [-0.25, -0.2) is 0 Å². The van der Waals surface area contributed by atoms with Gasteiger partial charge in [0.05, 0.1) is 4.47 Å². The summed E-state index contributed by atoms with van der Waals surface area (Å²) in [5, 5.41) is 0. The minimum atomic E-state index is 0.949. The van der Waals surface area contributed by atoms with Crippen LogP contribution >= 0.6 is 15.9 Å². The molecule has 0 fully saturated rings. The van der Waals surface area contributed by atoms with Gasteiger partial charge >= 0.3 is 0 Å². The number of nitrogens with zero attached hydrogens (tertiary/aromatic N) is 1. The van der Waals surface area contributed by atoms with Gasteiger partial charge in [-0.15, -0.1) is 6.58 Å². The maximum absolute atomic E-state index is 3.78. The van der Waals surface area contributed by atoms with Crippen LogP contribution in [0.1, 0.15) is 12.1 Å². The van der Waals surface area contributed by atoms with E-state index in [-0.39, 0.29) is 0 Å². The van der Waals surface area contributed by atoms with E-state index < -0.39 is 0 Å². The predicted molar refractivity (Wildman–Crippen MR) is 59.2 cm³/mol. The second kappa shape index (κ2) is 4.97. The van der Waals surface area contributed by atoms with E-state index in [0.717, 1.165) is 23.1 Å². The van der Waals surface area contributed by atoms with Crippen LogP contribution in [0.5, 0.6) is 0 Å². The molecule has 68 valence electrons. The van der Waals surface area contributed by atoms with E-state index in [0.29, 0.717) is 0 Å². The Kier molecular flexibility index (Phi) is 3.90. The van der Waals surface area contributed by atoms with E-state index in [1.165, 1.54) is 0 Å². The van der Waals surface area contributed by atoms with E-state index in [1.807, 2.05) is 30.5 Å². The van der Waals surface area contributed by atoms with Crippen LogP contribution in [0.15, 0.2) is 42.0 Å². The first-order valence-corrected chi connectivity index (χ1v) is 5.00. The third-order valence-electron chi connectivity index (χ3n) is 1.83. The number of aromatic nitrogens is 1. The smallest absolute Gasteiger partial charge is 0.198 e. The van der Waals surface area contributed by atoms with Crippen LogP contribution < -0.4 is 4.57 Å². The molecule has 1 nitrogen and oxygen atoms in total. The summed E-state index contributed by atoms with van der Waals surface area (Å²) in [6.07, 6.45) is 6.79. The first-order chi connectivity index (χ1) is 6.29. The quantitative estimate of drug-likeness (QED) is 0.561. The molecular weight excluding hydrogens is 226 g/mol. The Labute approximate surface area is 87.5 Å². The summed E-state index contributed by atoms with van der Waals surface area (Å²) in [5.41, 5.74) is 1.12. The summed E-state index contributed by atoms with van der Waals surface area (Å²) < 4.78 is 3.23. The fourth-order valence-electron chi connectivity index (χ4n) is 1.17. The van der Waals surface area contributed by atoms with Crippen LogP contribution in [0.2, 0.25) is 0 Å². The second-order valence-corrected chi connectivity index (χ2v) is 3.57. The summed E-state index contributed by atoms with van der Waals surface area (Å²) in [7, 11) is 0. The van der Waals surface area contributed by atoms with Crippen molar-refractivity contribution in [1.29, 1.82) is 0 Å². The molecule has 0 aliphatic rings. The Morgan fingerprint density at radius 3 is 2.85 bits per heavy atom. The lowest BCUT2D eigenvalue weighted by atomic mass is 10.3. The van der Waals surface area contributed by atoms with Crippen molar-refractivity contribution in [2.24, 2.45) is 0 Å². The lowest BCUT2D eigenvalue weighted by Crippen LogP contribution is -2.36. The molecule has 0 atom stereocenters. The number of rotatable bonds is 4. The highest BCUT2D eigenvalue weighted by atomic mass is 79.9. The molecule has 0 spiro atoms. The molecule has 0 unspecified atom stereocenters. The van der Waals surface area contributed by atoms with Crippen LogP contribution in [0.3, 0.4) is 0 Å². The Hall–Kier alpha value is -0.890. The summed E-state index contributed by atoms with van der Waals surface area (Å²) in [5.74, 6) is 0. The molecule has 1 heterocycles. The van der Waals surface area contributed by atoms with Crippen LogP contribution in [-0.4, -0.2) is 0 Å². The van der Waals surface area contributed by atoms with Gasteiger partial charge in [0.2, 0.25) is 5.69 Å². The van der Waals surface area contributed by atoms with Gasteiger partial charge in [0.1, 0.15) is 0 Å². The molecule has 1 aromatic heterocycles. The number of allylic oxidation sites excluding steroid dienone is 1. The fourth-order valence-corrected chi connectivity index (χ4v) is 1.72. The number of pyridine rings is 1. The first-order valence-electron chi connectivity index (χ1n) is 4.21. The SMILES string of the molecule is C=CCC[n+]1cccc(Br)c1C=C. The predicted octanol–water partition coefficient (Wildman–Crippen LogP) is 2.96. The van der Waals surface area contributed by atoms with Crippen molar-refractivity contribution in [3.63, 3.8) is 0 Å². The summed E-state index contributed by atoms with van der Waals surface area (Å²) in [6, 6.07) is 4.03. The van der Waals surface area contributed by atoms with Crippen molar-refractivity contribution in [2.45, 2.75) is 13.0 Å². The maximum Gasteiger partial charge on any atom is 0.218 e. The van der Waals surface area contributed by atoms with Crippen molar-refractivity contribution < 1.29 is 4.57 Å². The Balaban J connectivity index is 2.97. The standard InChI is InChI=1S/C11H13BrN/c1-3-5-8-13-9-6-7-10(12)11(13)4-2/h3-4,6-7,9H,1-2,5,8H2/q+1. The summed E-state index contributed by atoms with van der Waals surface area (Å²) >= 11 is 3.48. The third-order valence-corrected chi connectivity index (χ3v) is 2.50. The lowest BCUT2D eigenvalue weighted by molar-refractivity contribution is -0.698. The van der Waals surface area contributed by atoms with Crippen molar-refractivity contribution in [3.05, 3.63) is 47.7 Å². The number of hydrogen-bond acceptors (Lipinski definition) is 0. The van der Waals surface area contributed by atoms with E-state index in [4.69, 9.17) is 0 Å². The minimum absolute atomic E-state index is 0.949. The normalized spacial score (nSPS) is 9.62. The molecule has 0 aliphatic heterocycles. The summed E-state index contributed by atoms with van der Waals surface area (Å²) in [6.45, 7) is 8.44. The van der Waals surface area contributed by atoms with E-state index in [1.54, 1.807) is 0 Å². The first kappa shape index (κ1) is 10.2. The zero-order chi connectivity index (χ0) is 9.68. The maximum atomic E-state index is 3.78. The molecule has 1 aromatic rings. The second-order valence-electron chi connectivity index (χ2n) is 2.72. The van der Waals surface area contributed by atoms with E-state index in [2.05, 4.69) is 33.7 Å². The van der Waals surface area contributed by atoms with Gasteiger partial charge in [0, 0.05) is 18.6 Å². The highest BCUT2D eigenvalue weighted by molar-refractivity contribution is 9.10. The van der Waals surface area contributed by atoms with Crippen molar-refractivity contribution in [3.8, 4) is 0 Å². The molecule has 1 rings (SSSR count). The van der Waals surface area contributed by atoms with Gasteiger partial charge in [-0.1, -0.05) is 12.7 Å². The Morgan fingerprint density at radius 2 is 2.23 bits per heavy atom. The van der Waals surface area contributed by atoms with Gasteiger partial charge in [-0.05, 0) is 22.0 Å². The van der Waals surface area contributed by atoms with Crippen LogP contribution in [0.4, 0.5) is 0 Å². The highest BCUT2D eigenvalue weighted by Crippen LogP contribution is 2.12. The Morgan fingerprint density at radius 1 is 1.46 bits per heavy atom. The number of halogens is 1. The van der Waals surface area contributed by atoms with Gasteiger partial charge in [0.15, 0.2) is 12.7 Å². The van der Waals surface area contributed by atoms with Crippen LogP contribution in [0, 0.1) is 0 Å². The average Bonchev–Trinajstić information content (AvgIpc) is 2.15. The van der Waals surface area contributed by atoms with E-state index in [9.17, 15) is 0 Å². The monoisotopic (exact) mass is 238 g/mol. The van der Waals surface area contributed by atoms with Crippen molar-refractivity contribution in [1.82, 2.24) is 0 Å². The van der Waals surface area contributed by atoms with Gasteiger partial charge < -0.3 is 0 Å². The van der Waals surface area contributed by atoms with Gasteiger partial charge in [-0.3, -0.25) is 0 Å². The van der Waals surface area contributed by atoms with Gasteiger partial charge in [-0.2, -0.15) is 4.57 Å². The van der Waals surface area contributed by atoms with Crippen molar-refractivity contribution in [2.75, 3.05) is 0 Å². The lowest BCUT2D eigenvalue weighted by Gasteiger charge is -1.99. The fraction of sp³-hybridized carbons (Fsp3) is 0.182. The van der Waals surface area contributed by atoms with Crippen LogP contribution in [-0.2, 0) is 6.54 Å². The molecule has 0 saturated carbocycles. The molecule has 0 radical (unpaired) electrons. The zero-order valence-electron chi connectivity index (χ0n) is 7.54. The van der Waals surface area contributed by atoms with Crippen LogP contribution in [0.25, 0.3) is 6.08 Å². The number of hydrogen-bond donors (Lipinski definition) is 0. The molecule has 2 heteroatoms. The number of aryl methyl sites for hydroxylation is 1. The molecule has 0 amide bonds. The summed E-state index contributed by atoms with van der Waals surface area (Å²) in [4.78, 5) is 0. The minimum Gasteiger partial charge on any atom is -0.198 e. The molecule has 0 aromatic carbocycles. The molecule has 0 aliphatic carbocycles. The average molecular weight is 239 g/mol. The highest BCUT2D eigenvalue weighted by Gasteiger charge is 2.08. The third kappa shape index (κ3) is 2.52.